The van der Waals surface area contributed by atoms with Gasteiger partial charge in [-0.2, -0.15) is 5.21 Å². The first-order valence-corrected chi connectivity index (χ1v) is 4.94. The SMILES string of the molecule is COc1ccc(CNC(=O)c2nn[nH]n2)cc1. The van der Waals surface area contributed by atoms with Gasteiger partial charge in [0.15, 0.2) is 0 Å². The van der Waals surface area contributed by atoms with E-state index in [9.17, 15) is 4.79 Å². The fourth-order valence-corrected chi connectivity index (χ4v) is 1.26. The highest BCUT2D eigenvalue weighted by Gasteiger charge is 2.09. The molecule has 1 amide bonds. The summed E-state index contributed by atoms with van der Waals surface area (Å²) in [6.07, 6.45) is 0. The Morgan fingerprint density at radius 3 is 2.76 bits per heavy atom. The van der Waals surface area contributed by atoms with Crippen LogP contribution in [0.4, 0.5) is 0 Å². The van der Waals surface area contributed by atoms with Gasteiger partial charge in [0.1, 0.15) is 5.75 Å². The summed E-state index contributed by atoms with van der Waals surface area (Å²) in [5, 5.41) is 15.4. The van der Waals surface area contributed by atoms with Crippen LogP contribution in [-0.4, -0.2) is 33.6 Å². The van der Waals surface area contributed by atoms with Crippen LogP contribution in [0.2, 0.25) is 0 Å². The van der Waals surface area contributed by atoms with Crippen LogP contribution in [0.3, 0.4) is 0 Å². The lowest BCUT2D eigenvalue weighted by Gasteiger charge is -2.04. The minimum Gasteiger partial charge on any atom is -0.497 e. The number of amides is 1. The number of ether oxygens (including phenoxy) is 1. The van der Waals surface area contributed by atoms with Crippen LogP contribution in [0.1, 0.15) is 16.2 Å². The summed E-state index contributed by atoms with van der Waals surface area (Å²) in [6.45, 7) is 0.400. The second-order valence-electron chi connectivity index (χ2n) is 3.27. The van der Waals surface area contributed by atoms with Gasteiger partial charge in [-0.1, -0.05) is 12.1 Å². The zero-order chi connectivity index (χ0) is 12.1. The summed E-state index contributed by atoms with van der Waals surface area (Å²) in [5.74, 6) is 0.436. The van der Waals surface area contributed by atoms with Crippen molar-refractivity contribution in [3.8, 4) is 5.75 Å². The molecule has 1 heterocycles. The van der Waals surface area contributed by atoms with E-state index >= 15 is 0 Å². The van der Waals surface area contributed by atoms with Crippen molar-refractivity contribution in [1.29, 1.82) is 0 Å². The zero-order valence-electron chi connectivity index (χ0n) is 9.17. The van der Waals surface area contributed by atoms with E-state index in [1.165, 1.54) is 0 Å². The van der Waals surface area contributed by atoms with Crippen LogP contribution >= 0.6 is 0 Å². The Hall–Kier alpha value is -2.44. The molecule has 2 rings (SSSR count). The molecular weight excluding hydrogens is 222 g/mol. The van der Waals surface area contributed by atoms with Crippen molar-refractivity contribution in [1.82, 2.24) is 25.9 Å². The van der Waals surface area contributed by atoms with Crippen molar-refractivity contribution in [2.45, 2.75) is 6.54 Å². The molecule has 1 aromatic heterocycles. The Bertz CT molecular complexity index is 480. The van der Waals surface area contributed by atoms with E-state index in [2.05, 4.69) is 25.9 Å². The van der Waals surface area contributed by atoms with Gasteiger partial charge in [0.05, 0.1) is 7.11 Å². The molecular formula is C10H11N5O2. The number of benzene rings is 1. The van der Waals surface area contributed by atoms with E-state index in [4.69, 9.17) is 4.74 Å². The maximum Gasteiger partial charge on any atom is 0.293 e. The summed E-state index contributed by atoms with van der Waals surface area (Å²) in [7, 11) is 1.60. The number of hydrogen-bond donors (Lipinski definition) is 2. The average molecular weight is 233 g/mol. The summed E-state index contributed by atoms with van der Waals surface area (Å²) < 4.78 is 5.03. The minimum atomic E-state index is -0.366. The first-order chi connectivity index (χ1) is 8.29. The second kappa shape index (κ2) is 5.06. The average Bonchev–Trinajstić information content (AvgIpc) is 2.90. The predicted molar refractivity (Wildman–Crippen MR) is 58.3 cm³/mol. The standard InChI is InChI=1S/C10H11N5O2/c1-17-8-4-2-7(3-5-8)6-11-10(16)9-12-14-15-13-9/h2-5H,6H2,1H3,(H,11,16)(H,12,13,14,15). The van der Waals surface area contributed by atoms with Gasteiger partial charge < -0.3 is 10.1 Å². The van der Waals surface area contributed by atoms with Crippen LogP contribution in [0.25, 0.3) is 0 Å². The van der Waals surface area contributed by atoms with Gasteiger partial charge in [0.25, 0.3) is 11.7 Å². The quantitative estimate of drug-likeness (QED) is 0.783. The van der Waals surface area contributed by atoms with Crippen LogP contribution in [0, 0.1) is 0 Å². The van der Waals surface area contributed by atoms with Gasteiger partial charge >= 0.3 is 0 Å². The van der Waals surface area contributed by atoms with Crippen molar-refractivity contribution < 1.29 is 9.53 Å². The normalized spacial score (nSPS) is 9.94. The maximum absolute atomic E-state index is 11.5. The highest BCUT2D eigenvalue weighted by molar-refractivity contribution is 5.89. The van der Waals surface area contributed by atoms with Crippen molar-refractivity contribution in [2.75, 3.05) is 7.11 Å². The maximum atomic E-state index is 11.5. The molecule has 0 unspecified atom stereocenters. The number of tetrazole rings is 1. The fourth-order valence-electron chi connectivity index (χ4n) is 1.26. The second-order valence-corrected chi connectivity index (χ2v) is 3.27. The first kappa shape index (κ1) is 11.1. The number of nitrogens with zero attached hydrogens (tertiary/aromatic N) is 3. The van der Waals surface area contributed by atoms with Crippen LogP contribution in [0.15, 0.2) is 24.3 Å². The highest BCUT2D eigenvalue weighted by Crippen LogP contribution is 2.10. The van der Waals surface area contributed by atoms with Crippen LogP contribution < -0.4 is 10.1 Å². The molecule has 88 valence electrons. The number of carbonyl (C=O) groups excluding carboxylic acids is 1. The topological polar surface area (TPSA) is 92.8 Å². The summed E-state index contributed by atoms with van der Waals surface area (Å²) in [6, 6.07) is 7.40. The number of H-pyrrole nitrogens is 1. The number of carbonyl (C=O) groups is 1. The Morgan fingerprint density at radius 2 is 2.18 bits per heavy atom. The third kappa shape index (κ3) is 2.77. The molecule has 0 saturated carbocycles. The van der Waals surface area contributed by atoms with Crippen molar-refractivity contribution >= 4 is 5.91 Å². The largest absolute Gasteiger partial charge is 0.497 e. The fraction of sp³-hybridized carbons (Fsp3) is 0.200. The molecule has 0 aliphatic rings. The molecule has 2 N–H and O–H groups in total. The number of hydrogen-bond acceptors (Lipinski definition) is 5. The molecule has 1 aromatic carbocycles. The van der Waals surface area contributed by atoms with Gasteiger partial charge in [-0.3, -0.25) is 4.79 Å². The van der Waals surface area contributed by atoms with E-state index in [1.807, 2.05) is 24.3 Å². The van der Waals surface area contributed by atoms with Gasteiger partial charge in [-0.15, -0.1) is 10.2 Å². The van der Waals surface area contributed by atoms with E-state index in [1.54, 1.807) is 7.11 Å². The van der Waals surface area contributed by atoms with Gasteiger partial charge in [-0.05, 0) is 22.9 Å². The molecule has 0 spiro atoms. The first-order valence-electron chi connectivity index (χ1n) is 4.94. The molecule has 17 heavy (non-hydrogen) atoms. The molecule has 0 saturated heterocycles. The third-order valence-electron chi connectivity index (χ3n) is 2.16. The van der Waals surface area contributed by atoms with Crippen LogP contribution in [-0.2, 0) is 6.54 Å². The predicted octanol–water partition coefficient (Wildman–Crippen LogP) is 0.138. The van der Waals surface area contributed by atoms with E-state index in [-0.39, 0.29) is 11.7 Å². The molecule has 7 nitrogen and oxygen atoms in total. The molecule has 0 bridgehead atoms. The number of methoxy groups -OCH3 is 1. The third-order valence-corrected chi connectivity index (χ3v) is 2.16. The summed E-state index contributed by atoms with van der Waals surface area (Å²) in [4.78, 5) is 11.5. The smallest absolute Gasteiger partial charge is 0.293 e. The summed E-state index contributed by atoms with van der Waals surface area (Å²) in [5.41, 5.74) is 0.961. The molecule has 0 aliphatic heterocycles. The van der Waals surface area contributed by atoms with Crippen molar-refractivity contribution in [2.24, 2.45) is 0 Å². The number of aromatic nitrogens is 4. The highest BCUT2D eigenvalue weighted by atomic mass is 16.5. The number of rotatable bonds is 4. The molecule has 0 radical (unpaired) electrons. The molecule has 0 fully saturated rings. The Kier molecular flexibility index (Phi) is 3.29. The summed E-state index contributed by atoms with van der Waals surface area (Å²) >= 11 is 0. The minimum absolute atomic E-state index is 0.0264. The Balaban J connectivity index is 1.91. The van der Waals surface area contributed by atoms with Gasteiger partial charge in [0.2, 0.25) is 0 Å². The monoisotopic (exact) mass is 233 g/mol. The van der Waals surface area contributed by atoms with Crippen molar-refractivity contribution in [3.63, 3.8) is 0 Å². The van der Waals surface area contributed by atoms with Gasteiger partial charge in [-0.25, -0.2) is 0 Å². The lowest BCUT2D eigenvalue weighted by Crippen LogP contribution is -2.24. The van der Waals surface area contributed by atoms with Crippen LogP contribution in [0.5, 0.6) is 5.75 Å². The zero-order valence-corrected chi connectivity index (χ0v) is 9.17. The Labute approximate surface area is 97.2 Å². The Morgan fingerprint density at radius 1 is 1.41 bits per heavy atom. The van der Waals surface area contributed by atoms with Gasteiger partial charge in [0, 0.05) is 6.54 Å². The van der Waals surface area contributed by atoms with E-state index < -0.39 is 0 Å². The van der Waals surface area contributed by atoms with E-state index in [0.29, 0.717) is 6.54 Å². The van der Waals surface area contributed by atoms with E-state index in [0.717, 1.165) is 11.3 Å². The molecule has 7 heteroatoms. The molecule has 0 atom stereocenters. The lowest BCUT2D eigenvalue weighted by molar-refractivity contribution is 0.0940. The number of nitrogens with one attached hydrogen (secondary N) is 2. The van der Waals surface area contributed by atoms with Crippen molar-refractivity contribution in [3.05, 3.63) is 35.7 Å². The molecule has 0 aliphatic carbocycles. The lowest BCUT2D eigenvalue weighted by atomic mass is 10.2. The number of aromatic amines is 1. The molecule has 2 aromatic rings.